The number of aliphatic carboxylic acids is 1. The number of nitrogens with zero attached hydrogens (tertiary/aromatic N) is 1. The zero-order valence-corrected chi connectivity index (χ0v) is 10.9. The van der Waals surface area contributed by atoms with E-state index in [4.69, 9.17) is 5.11 Å². The molecule has 114 valence electrons. The molecule has 0 radical (unpaired) electrons. The first-order chi connectivity index (χ1) is 9.23. The van der Waals surface area contributed by atoms with Gasteiger partial charge in [0.15, 0.2) is 0 Å². The summed E-state index contributed by atoms with van der Waals surface area (Å²) in [5, 5.41) is 10.7. The summed E-state index contributed by atoms with van der Waals surface area (Å²) in [4.78, 5) is 23.6. The standard InChI is InChI=1S/C12H17F3N2O3/c13-12(14,15)11(4-5-11)16-10(20)17-6-3-8(7-17)1-2-9(18)19/h8H,1-7H2,(H,16,20)(H,18,19). The predicted octanol–water partition coefficient (Wildman–Crippen LogP) is 1.98. The third kappa shape index (κ3) is 3.16. The van der Waals surface area contributed by atoms with Gasteiger partial charge in [-0.3, -0.25) is 4.79 Å². The third-order valence-electron chi connectivity index (χ3n) is 3.98. The molecule has 1 aliphatic heterocycles. The molecule has 2 rings (SSSR count). The van der Waals surface area contributed by atoms with E-state index in [9.17, 15) is 22.8 Å². The molecule has 0 bridgehead atoms. The molecule has 2 fully saturated rings. The van der Waals surface area contributed by atoms with Gasteiger partial charge in [0.25, 0.3) is 0 Å². The third-order valence-corrected chi connectivity index (χ3v) is 3.98. The van der Waals surface area contributed by atoms with Crippen molar-refractivity contribution in [3.05, 3.63) is 0 Å². The van der Waals surface area contributed by atoms with E-state index in [0.29, 0.717) is 25.9 Å². The van der Waals surface area contributed by atoms with E-state index in [1.807, 2.05) is 0 Å². The summed E-state index contributed by atoms with van der Waals surface area (Å²) in [6, 6.07) is -0.697. The highest BCUT2D eigenvalue weighted by Crippen LogP contribution is 2.49. The number of likely N-dealkylation sites (tertiary alicyclic amines) is 1. The molecule has 1 heterocycles. The van der Waals surface area contributed by atoms with Crippen LogP contribution in [-0.4, -0.2) is 46.8 Å². The van der Waals surface area contributed by atoms with Gasteiger partial charge in [-0.05, 0) is 31.6 Å². The second-order valence-corrected chi connectivity index (χ2v) is 5.54. The number of hydrogen-bond donors (Lipinski definition) is 2. The van der Waals surface area contributed by atoms with Crippen LogP contribution in [0, 0.1) is 5.92 Å². The van der Waals surface area contributed by atoms with E-state index >= 15 is 0 Å². The van der Waals surface area contributed by atoms with Crippen LogP contribution in [0.25, 0.3) is 0 Å². The van der Waals surface area contributed by atoms with E-state index in [1.165, 1.54) is 4.90 Å². The summed E-state index contributed by atoms with van der Waals surface area (Å²) in [5.41, 5.74) is -2.04. The van der Waals surface area contributed by atoms with E-state index in [1.54, 1.807) is 0 Å². The molecule has 1 unspecified atom stereocenters. The molecule has 0 spiro atoms. The van der Waals surface area contributed by atoms with Crippen molar-refractivity contribution in [2.45, 2.75) is 43.8 Å². The van der Waals surface area contributed by atoms with Gasteiger partial charge in [-0.15, -0.1) is 0 Å². The number of carboxylic acid groups (broad SMARTS) is 1. The van der Waals surface area contributed by atoms with Gasteiger partial charge < -0.3 is 15.3 Å². The Labute approximate surface area is 114 Å². The fraction of sp³-hybridized carbons (Fsp3) is 0.833. The van der Waals surface area contributed by atoms with Crippen LogP contribution in [0.15, 0.2) is 0 Å². The minimum Gasteiger partial charge on any atom is -0.481 e. The van der Waals surface area contributed by atoms with E-state index < -0.39 is 23.7 Å². The first kappa shape index (κ1) is 14.9. The highest BCUT2D eigenvalue weighted by atomic mass is 19.4. The number of halogens is 3. The van der Waals surface area contributed by atoms with Crippen LogP contribution in [0.4, 0.5) is 18.0 Å². The van der Waals surface area contributed by atoms with Gasteiger partial charge in [-0.25, -0.2) is 4.79 Å². The van der Waals surface area contributed by atoms with Crippen molar-refractivity contribution in [3.63, 3.8) is 0 Å². The van der Waals surface area contributed by atoms with Crippen LogP contribution in [0.5, 0.6) is 0 Å². The van der Waals surface area contributed by atoms with Gasteiger partial charge in [0.1, 0.15) is 5.54 Å². The summed E-state index contributed by atoms with van der Waals surface area (Å²) in [6.45, 7) is 0.705. The van der Waals surface area contributed by atoms with Gasteiger partial charge in [0.05, 0.1) is 0 Å². The molecule has 0 aromatic rings. The van der Waals surface area contributed by atoms with Crippen molar-refractivity contribution in [2.75, 3.05) is 13.1 Å². The number of hydrogen-bond acceptors (Lipinski definition) is 2. The summed E-state index contributed by atoms with van der Waals surface area (Å²) in [5.74, 6) is -0.847. The van der Waals surface area contributed by atoms with Crippen LogP contribution in [0.3, 0.4) is 0 Å². The lowest BCUT2D eigenvalue weighted by Crippen LogP contribution is -2.52. The van der Waals surface area contributed by atoms with Crippen molar-refractivity contribution >= 4 is 12.0 Å². The van der Waals surface area contributed by atoms with E-state index in [0.717, 1.165) is 0 Å². The fourth-order valence-corrected chi connectivity index (χ4v) is 2.47. The number of carbonyl (C=O) groups is 2. The molecule has 1 aliphatic carbocycles. The average molecular weight is 294 g/mol. The topological polar surface area (TPSA) is 69.6 Å². The largest absolute Gasteiger partial charge is 0.481 e. The number of carboxylic acids is 1. The quantitative estimate of drug-likeness (QED) is 0.833. The Bertz CT molecular complexity index is 407. The van der Waals surface area contributed by atoms with E-state index in [-0.39, 0.29) is 25.2 Å². The normalized spacial score (nSPS) is 24.6. The van der Waals surface area contributed by atoms with Crippen LogP contribution in [-0.2, 0) is 4.79 Å². The summed E-state index contributed by atoms with van der Waals surface area (Å²) in [7, 11) is 0. The number of carbonyl (C=O) groups excluding carboxylic acids is 1. The Kier molecular flexibility index (Phi) is 3.84. The van der Waals surface area contributed by atoms with Crippen molar-refractivity contribution < 1.29 is 27.9 Å². The lowest BCUT2D eigenvalue weighted by molar-refractivity contribution is -0.163. The SMILES string of the molecule is O=C(O)CCC1CCN(C(=O)NC2(C(F)(F)F)CC2)C1. The summed E-state index contributed by atoms with van der Waals surface area (Å²) in [6.07, 6.45) is -3.45. The molecule has 2 amide bonds. The lowest BCUT2D eigenvalue weighted by Gasteiger charge is -2.24. The predicted molar refractivity (Wildman–Crippen MR) is 63.1 cm³/mol. The molecule has 1 saturated heterocycles. The minimum atomic E-state index is -4.41. The number of nitrogens with one attached hydrogen (secondary N) is 1. The van der Waals surface area contributed by atoms with Crippen molar-refractivity contribution in [3.8, 4) is 0 Å². The maximum Gasteiger partial charge on any atom is 0.411 e. The molecule has 0 aromatic heterocycles. The summed E-state index contributed by atoms with van der Waals surface area (Å²) < 4.78 is 38.2. The zero-order chi connectivity index (χ0) is 15.0. The van der Waals surface area contributed by atoms with Crippen LogP contribution in [0.2, 0.25) is 0 Å². The number of rotatable bonds is 4. The van der Waals surface area contributed by atoms with Crippen LogP contribution < -0.4 is 5.32 Å². The highest BCUT2D eigenvalue weighted by Gasteiger charge is 2.64. The van der Waals surface area contributed by atoms with Crippen molar-refractivity contribution in [2.24, 2.45) is 5.92 Å². The van der Waals surface area contributed by atoms with Crippen LogP contribution >= 0.6 is 0 Å². The Morgan fingerprint density at radius 3 is 2.50 bits per heavy atom. The molecular formula is C12H17F3N2O3. The number of urea groups is 1. The molecule has 8 heteroatoms. The fourth-order valence-electron chi connectivity index (χ4n) is 2.47. The molecule has 2 aliphatic rings. The Hall–Kier alpha value is -1.47. The summed E-state index contributed by atoms with van der Waals surface area (Å²) >= 11 is 0. The molecule has 2 N–H and O–H groups in total. The maximum absolute atomic E-state index is 12.7. The first-order valence-electron chi connectivity index (χ1n) is 6.59. The van der Waals surface area contributed by atoms with Gasteiger partial charge >= 0.3 is 18.2 Å². The second kappa shape index (κ2) is 5.14. The van der Waals surface area contributed by atoms with E-state index in [2.05, 4.69) is 5.32 Å². The average Bonchev–Trinajstić information content (AvgIpc) is 2.97. The molecule has 5 nitrogen and oxygen atoms in total. The van der Waals surface area contributed by atoms with Gasteiger partial charge in [-0.2, -0.15) is 13.2 Å². The monoisotopic (exact) mass is 294 g/mol. The first-order valence-corrected chi connectivity index (χ1v) is 6.59. The Balaban J connectivity index is 1.82. The lowest BCUT2D eigenvalue weighted by atomic mass is 10.0. The minimum absolute atomic E-state index is 0.0205. The maximum atomic E-state index is 12.7. The molecule has 0 aromatic carbocycles. The van der Waals surface area contributed by atoms with Crippen molar-refractivity contribution in [1.29, 1.82) is 0 Å². The zero-order valence-electron chi connectivity index (χ0n) is 10.9. The number of alkyl halides is 3. The number of amides is 2. The second-order valence-electron chi connectivity index (χ2n) is 5.54. The van der Waals surface area contributed by atoms with Crippen LogP contribution in [0.1, 0.15) is 32.1 Å². The Morgan fingerprint density at radius 1 is 1.35 bits per heavy atom. The Morgan fingerprint density at radius 2 is 2.00 bits per heavy atom. The highest BCUT2D eigenvalue weighted by molar-refractivity contribution is 5.76. The molecular weight excluding hydrogens is 277 g/mol. The van der Waals surface area contributed by atoms with Gasteiger partial charge in [0, 0.05) is 19.5 Å². The molecule has 1 atom stereocenters. The smallest absolute Gasteiger partial charge is 0.411 e. The van der Waals surface area contributed by atoms with Gasteiger partial charge in [-0.1, -0.05) is 0 Å². The molecule has 1 saturated carbocycles. The molecule has 20 heavy (non-hydrogen) atoms. The van der Waals surface area contributed by atoms with Crippen molar-refractivity contribution in [1.82, 2.24) is 10.2 Å². The van der Waals surface area contributed by atoms with Gasteiger partial charge in [0.2, 0.25) is 0 Å².